The first-order valence-electron chi connectivity index (χ1n) is 7.15. The summed E-state index contributed by atoms with van der Waals surface area (Å²) in [5.74, 6) is 0.548. The maximum atomic E-state index is 12.3. The summed E-state index contributed by atoms with van der Waals surface area (Å²) in [4.78, 5) is 12.3. The summed E-state index contributed by atoms with van der Waals surface area (Å²) >= 11 is 0. The smallest absolute Gasteiger partial charge is 0.263 e. The number of hydrogen-bond donors (Lipinski definition) is 3. The van der Waals surface area contributed by atoms with Crippen LogP contribution in [0, 0.1) is 0 Å². The number of carbonyl (C=O) groups excluding carboxylic acids is 1. The molecular weight excluding hydrogens is 256 g/mol. The van der Waals surface area contributed by atoms with Crippen molar-refractivity contribution in [2.24, 2.45) is 0 Å². The molecule has 1 aromatic rings. The summed E-state index contributed by atoms with van der Waals surface area (Å²) in [6, 6.07) is 7.58. The van der Waals surface area contributed by atoms with Gasteiger partial charge in [0, 0.05) is 0 Å². The van der Waals surface area contributed by atoms with Gasteiger partial charge in [-0.3, -0.25) is 4.79 Å². The van der Waals surface area contributed by atoms with Gasteiger partial charge in [0.2, 0.25) is 0 Å². The van der Waals surface area contributed by atoms with Gasteiger partial charge in [0.1, 0.15) is 5.75 Å². The van der Waals surface area contributed by atoms with E-state index in [0.29, 0.717) is 12.3 Å². The number of nitrogens with one attached hydrogen (secondary N) is 2. The van der Waals surface area contributed by atoms with E-state index >= 15 is 0 Å². The van der Waals surface area contributed by atoms with Crippen molar-refractivity contribution in [2.45, 2.75) is 37.3 Å². The number of benzene rings is 1. The SMILES string of the molecule is O=C(NC1(CO)CCCC1)C1CNc2ccccc2O1. The van der Waals surface area contributed by atoms with Crippen molar-refractivity contribution >= 4 is 11.6 Å². The Morgan fingerprint density at radius 2 is 2.15 bits per heavy atom. The molecule has 1 aliphatic heterocycles. The normalized spacial score (nSPS) is 23.4. The van der Waals surface area contributed by atoms with Crippen molar-refractivity contribution in [3.05, 3.63) is 24.3 Å². The lowest BCUT2D eigenvalue weighted by Crippen LogP contribution is -2.55. The minimum atomic E-state index is -0.547. The van der Waals surface area contributed by atoms with Crippen LogP contribution in [-0.4, -0.2) is 35.8 Å². The largest absolute Gasteiger partial charge is 0.477 e. The number of fused-ring (bicyclic) bond motifs is 1. The summed E-state index contributed by atoms with van der Waals surface area (Å²) in [6.07, 6.45) is 3.23. The number of carbonyl (C=O) groups is 1. The fourth-order valence-electron chi connectivity index (χ4n) is 2.98. The zero-order chi connectivity index (χ0) is 14.0. The number of hydrogen-bond acceptors (Lipinski definition) is 4. The minimum absolute atomic E-state index is 0.00449. The highest BCUT2D eigenvalue weighted by Crippen LogP contribution is 2.31. The van der Waals surface area contributed by atoms with E-state index in [0.717, 1.165) is 31.4 Å². The Kier molecular flexibility index (Phi) is 3.53. The van der Waals surface area contributed by atoms with Crippen molar-refractivity contribution in [1.29, 1.82) is 0 Å². The monoisotopic (exact) mass is 276 g/mol. The van der Waals surface area contributed by atoms with Crippen molar-refractivity contribution in [2.75, 3.05) is 18.5 Å². The third kappa shape index (κ3) is 2.45. The van der Waals surface area contributed by atoms with E-state index in [1.165, 1.54) is 0 Å². The van der Waals surface area contributed by atoms with E-state index in [9.17, 15) is 9.90 Å². The standard InChI is InChI=1S/C15H20N2O3/c18-10-15(7-3-4-8-15)17-14(19)13-9-16-11-5-1-2-6-12(11)20-13/h1-2,5-6,13,16,18H,3-4,7-10H2,(H,17,19). The van der Waals surface area contributed by atoms with Gasteiger partial charge in [-0.1, -0.05) is 25.0 Å². The average molecular weight is 276 g/mol. The van der Waals surface area contributed by atoms with E-state index < -0.39 is 11.6 Å². The Hall–Kier alpha value is -1.75. The highest BCUT2D eigenvalue weighted by molar-refractivity contribution is 5.83. The fraction of sp³-hybridized carbons (Fsp3) is 0.533. The van der Waals surface area contributed by atoms with Crippen LogP contribution in [0.25, 0.3) is 0 Å². The molecule has 1 atom stereocenters. The molecule has 0 aromatic heterocycles. The number of anilines is 1. The molecule has 0 radical (unpaired) electrons. The minimum Gasteiger partial charge on any atom is -0.477 e. The molecule has 0 saturated heterocycles. The predicted molar refractivity (Wildman–Crippen MR) is 75.8 cm³/mol. The molecule has 5 heteroatoms. The lowest BCUT2D eigenvalue weighted by Gasteiger charge is -2.32. The van der Waals surface area contributed by atoms with Crippen LogP contribution in [0.1, 0.15) is 25.7 Å². The van der Waals surface area contributed by atoms with Gasteiger partial charge in [-0.25, -0.2) is 0 Å². The summed E-state index contributed by atoms with van der Waals surface area (Å²) in [6.45, 7) is 0.444. The first kappa shape index (κ1) is 13.2. The average Bonchev–Trinajstić information content (AvgIpc) is 2.96. The molecule has 108 valence electrons. The summed E-state index contributed by atoms with van der Waals surface area (Å²) in [5, 5.41) is 15.7. The van der Waals surface area contributed by atoms with E-state index in [1.54, 1.807) is 0 Å². The maximum absolute atomic E-state index is 12.3. The van der Waals surface area contributed by atoms with Crippen LogP contribution in [0.15, 0.2) is 24.3 Å². The Balaban J connectivity index is 1.67. The molecule has 1 aromatic carbocycles. The van der Waals surface area contributed by atoms with Gasteiger partial charge in [-0.15, -0.1) is 0 Å². The third-order valence-corrected chi connectivity index (χ3v) is 4.18. The molecule has 3 rings (SSSR count). The van der Waals surface area contributed by atoms with Crippen LogP contribution in [0.5, 0.6) is 5.75 Å². The van der Waals surface area contributed by atoms with Gasteiger partial charge >= 0.3 is 0 Å². The molecule has 5 nitrogen and oxygen atoms in total. The second-order valence-corrected chi connectivity index (χ2v) is 5.62. The van der Waals surface area contributed by atoms with Gasteiger partial charge < -0.3 is 20.5 Å². The highest BCUT2D eigenvalue weighted by Gasteiger charge is 2.37. The van der Waals surface area contributed by atoms with E-state index in [-0.39, 0.29) is 12.5 Å². The van der Waals surface area contributed by atoms with Gasteiger partial charge in [-0.2, -0.15) is 0 Å². The number of para-hydroxylation sites is 2. The molecule has 1 saturated carbocycles. The molecule has 20 heavy (non-hydrogen) atoms. The second kappa shape index (κ2) is 5.32. The molecule has 0 spiro atoms. The van der Waals surface area contributed by atoms with E-state index in [2.05, 4.69) is 10.6 Å². The van der Waals surface area contributed by atoms with Crippen molar-refractivity contribution < 1.29 is 14.6 Å². The lowest BCUT2D eigenvalue weighted by atomic mass is 9.98. The fourth-order valence-corrected chi connectivity index (χ4v) is 2.98. The molecule has 1 aliphatic carbocycles. The quantitative estimate of drug-likeness (QED) is 0.778. The Morgan fingerprint density at radius 3 is 2.90 bits per heavy atom. The summed E-state index contributed by atoms with van der Waals surface area (Å²) in [7, 11) is 0. The van der Waals surface area contributed by atoms with Crippen LogP contribution in [0.4, 0.5) is 5.69 Å². The zero-order valence-corrected chi connectivity index (χ0v) is 11.4. The zero-order valence-electron chi connectivity index (χ0n) is 11.4. The molecule has 2 aliphatic rings. The van der Waals surface area contributed by atoms with Crippen molar-refractivity contribution in [1.82, 2.24) is 5.32 Å². The van der Waals surface area contributed by atoms with Crippen LogP contribution in [-0.2, 0) is 4.79 Å². The summed E-state index contributed by atoms with van der Waals surface area (Å²) in [5.41, 5.74) is 0.464. The molecular formula is C15H20N2O3. The third-order valence-electron chi connectivity index (χ3n) is 4.18. The molecule has 0 bridgehead atoms. The van der Waals surface area contributed by atoms with Crippen molar-refractivity contribution in [3.8, 4) is 5.75 Å². The molecule has 3 N–H and O–H groups in total. The van der Waals surface area contributed by atoms with E-state index in [1.807, 2.05) is 24.3 Å². The second-order valence-electron chi connectivity index (χ2n) is 5.62. The van der Waals surface area contributed by atoms with Gasteiger partial charge in [0.25, 0.3) is 5.91 Å². The van der Waals surface area contributed by atoms with Crippen LogP contribution in [0.3, 0.4) is 0 Å². The van der Waals surface area contributed by atoms with Crippen molar-refractivity contribution in [3.63, 3.8) is 0 Å². The highest BCUT2D eigenvalue weighted by atomic mass is 16.5. The number of aliphatic hydroxyl groups is 1. The topological polar surface area (TPSA) is 70.6 Å². The molecule has 1 unspecified atom stereocenters. The molecule has 1 fully saturated rings. The van der Waals surface area contributed by atoms with Crippen LogP contribution < -0.4 is 15.4 Å². The van der Waals surface area contributed by atoms with Crippen LogP contribution >= 0.6 is 0 Å². The Labute approximate surface area is 118 Å². The maximum Gasteiger partial charge on any atom is 0.263 e. The lowest BCUT2D eigenvalue weighted by molar-refractivity contribution is -0.130. The van der Waals surface area contributed by atoms with E-state index in [4.69, 9.17) is 4.74 Å². The Morgan fingerprint density at radius 1 is 1.40 bits per heavy atom. The van der Waals surface area contributed by atoms with Crippen LogP contribution in [0.2, 0.25) is 0 Å². The molecule has 1 heterocycles. The number of amides is 1. The number of aliphatic hydroxyl groups excluding tert-OH is 1. The molecule has 1 amide bonds. The van der Waals surface area contributed by atoms with Gasteiger partial charge in [-0.05, 0) is 25.0 Å². The van der Waals surface area contributed by atoms with Gasteiger partial charge in [0.15, 0.2) is 6.10 Å². The Bertz CT molecular complexity index is 498. The number of rotatable bonds is 3. The first-order valence-corrected chi connectivity index (χ1v) is 7.15. The summed E-state index contributed by atoms with van der Waals surface area (Å²) < 4.78 is 5.74. The first-order chi connectivity index (χ1) is 9.72. The van der Waals surface area contributed by atoms with Gasteiger partial charge in [0.05, 0.1) is 24.4 Å². The predicted octanol–water partition coefficient (Wildman–Crippen LogP) is 1.28. The number of ether oxygens (including phenoxy) is 1.